The van der Waals surface area contributed by atoms with Crippen LogP contribution in [0.25, 0.3) is 16.7 Å². The minimum atomic E-state index is -4.61. The van der Waals surface area contributed by atoms with Crippen LogP contribution in [0.4, 0.5) is 27.8 Å². The smallest absolute Gasteiger partial charge is 0.416 e. The highest BCUT2D eigenvalue weighted by atomic mass is 35.5. The van der Waals surface area contributed by atoms with Gasteiger partial charge in [-0.15, -0.1) is 0 Å². The molecule has 0 aliphatic carbocycles. The van der Waals surface area contributed by atoms with Crippen molar-refractivity contribution in [3.63, 3.8) is 0 Å². The highest BCUT2D eigenvalue weighted by molar-refractivity contribution is 6.35. The highest BCUT2D eigenvalue weighted by Gasteiger charge is 2.32. The lowest BCUT2D eigenvalue weighted by atomic mass is 10.1. The van der Waals surface area contributed by atoms with Crippen molar-refractivity contribution in [2.45, 2.75) is 25.8 Å². The third kappa shape index (κ3) is 4.55. The Kier molecular flexibility index (Phi) is 6.21. The van der Waals surface area contributed by atoms with Crippen LogP contribution in [0.15, 0.2) is 43.1 Å². The Morgan fingerprint density at radius 2 is 1.82 bits per heavy atom. The Bertz CT molecular complexity index is 1310. The zero-order valence-electron chi connectivity index (χ0n) is 17.5. The summed E-state index contributed by atoms with van der Waals surface area (Å²) < 4.78 is 70.5. The molecule has 8 nitrogen and oxygen atoms in total. The average Bonchev–Trinajstić information content (AvgIpc) is 3.27. The minimum Gasteiger partial charge on any atom is -0.433 e. The van der Waals surface area contributed by atoms with E-state index in [1.54, 1.807) is 18.9 Å². The summed E-state index contributed by atoms with van der Waals surface area (Å²) in [5, 5.41) is 4.07. The van der Waals surface area contributed by atoms with Crippen LogP contribution in [0.2, 0.25) is 5.02 Å². The van der Waals surface area contributed by atoms with Crippen molar-refractivity contribution in [3.8, 4) is 11.6 Å². The molecular formula is C20H15ClF5N7O. The van der Waals surface area contributed by atoms with Crippen LogP contribution in [0.1, 0.15) is 24.4 Å². The quantitative estimate of drug-likeness (QED) is 0.342. The molecule has 1 unspecified atom stereocenters. The van der Waals surface area contributed by atoms with Gasteiger partial charge in [-0.25, -0.2) is 19.9 Å². The van der Waals surface area contributed by atoms with Gasteiger partial charge in [0.1, 0.15) is 24.2 Å². The number of anilines is 1. The molecule has 3 heterocycles. The molecule has 0 spiro atoms. The maximum absolute atomic E-state index is 13.4. The Labute approximate surface area is 194 Å². The van der Waals surface area contributed by atoms with Gasteiger partial charge in [0.2, 0.25) is 0 Å². The van der Waals surface area contributed by atoms with E-state index < -0.39 is 24.4 Å². The molecule has 3 aromatic heterocycles. The minimum absolute atomic E-state index is 0.106. The highest BCUT2D eigenvalue weighted by Crippen LogP contribution is 2.38. The van der Waals surface area contributed by atoms with E-state index in [9.17, 15) is 22.0 Å². The number of pyridine rings is 1. The number of fused-ring (bicyclic) bond motifs is 1. The Balaban J connectivity index is 1.71. The first-order valence-electron chi connectivity index (χ1n) is 9.61. The number of aromatic nitrogens is 6. The van der Waals surface area contributed by atoms with Crippen LogP contribution >= 0.6 is 11.6 Å². The van der Waals surface area contributed by atoms with Crippen molar-refractivity contribution >= 4 is 28.3 Å². The van der Waals surface area contributed by atoms with E-state index >= 15 is 0 Å². The molecule has 0 bridgehead atoms. The molecule has 0 N–H and O–H groups in total. The fourth-order valence-electron chi connectivity index (χ4n) is 3.30. The number of alkyl halides is 5. The first kappa shape index (κ1) is 23.5. The lowest BCUT2D eigenvalue weighted by molar-refractivity contribution is -0.137. The molecule has 1 atom stereocenters. The Morgan fingerprint density at radius 1 is 1.06 bits per heavy atom. The maximum atomic E-state index is 13.4. The number of nitrogens with zero attached hydrogens (tertiary/aromatic N) is 7. The molecule has 0 aliphatic heterocycles. The molecule has 0 aliphatic rings. The molecule has 0 fully saturated rings. The average molecular weight is 500 g/mol. The normalized spacial score (nSPS) is 12.9. The molecule has 178 valence electrons. The summed E-state index contributed by atoms with van der Waals surface area (Å²) in [7, 11) is 1.62. The Hall–Kier alpha value is -3.61. The fraction of sp³-hybridized carbons (Fsp3) is 0.250. The molecule has 0 saturated carbocycles. The topological polar surface area (TPSA) is 81.9 Å². The largest absolute Gasteiger partial charge is 0.433 e. The van der Waals surface area contributed by atoms with Gasteiger partial charge < -0.3 is 9.64 Å². The van der Waals surface area contributed by atoms with Crippen LogP contribution < -0.4 is 9.64 Å². The third-order valence-electron chi connectivity index (χ3n) is 5.02. The van der Waals surface area contributed by atoms with Crippen LogP contribution in [-0.2, 0) is 6.18 Å². The number of hydrogen-bond acceptors (Lipinski definition) is 7. The van der Waals surface area contributed by atoms with Gasteiger partial charge in [-0.3, -0.25) is 0 Å². The first-order chi connectivity index (χ1) is 16.1. The molecule has 34 heavy (non-hydrogen) atoms. The number of benzene rings is 1. The summed E-state index contributed by atoms with van der Waals surface area (Å²) in [6.07, 6.45) is -1.03. The second kappa shape index (κ2) is 8.97. The van der Waals surface area contributed by atoms with Gasteiger partial charge in [0, 0.05) is 12.4 Å². The second-order valence-corrected chi connectivity index (χ2v) is 7.50. The van der Waals surface area contributed by atoms with Crippen LogP contribution in [0.5, 0.6) is 5.75 Å². The second-order valence-electron chi connectivity index (χ2n) is 7.10. The molecule has 4 rings (SSSR count). The van der Waals surface area contributed by atoms with E-state index in [4.69, 9.17) is 11.6 Å². The third-order valence-corrected chi connectivity index (χ3v) is 5.31. The van der Waals surface area contributed by atoms with E-state index in [-0.39, 0.29) is 33.3 Å². The first-order valence-corrected chi connectivity index (χ1v) is 9.99. The van der Waals surface area contributed by atoms with Crippen molar-refractivity contribution in [3.05, 3.63) is 59.5 Å². The summed E-state index contributed by atoms with van der Waals surface area (Å²) >= 11 is 6.07. The van der Waals surface area contributed by atoms with Gasteiger partial charge in [0.15, 0.2) is 11.6 Å². The molecule has 0 radical (unpaired) electrons. The summed E-state index contributed by atoms with van der Waals surface area (Å²) in [6.45, 7) is -1.25. The van der Waals surface area contributed by atoms with Gasteiger partial charge in [-0.2, -0.15) is 31.7 Å². The lowest BCUT2D eigenvalue weighted by Gasteiger charge is -2.26. The SMILES string of the molecule is CC(c1ncnn1-c1ccc(OC(F)F)cn1)N(C)c1ncnc2c(Cl)cc(C(F)(F)F)cc12. The number of halogens is 6. The molecule has 0 amide bonds. The Morgan fingerprint density at radius 3 is 2.47 bits per heavy atom. The molecule has 0 saturated heterocycles. The number of ether oxygens (including phenoxy) is 1. The van der Waals surface area contributed by atoms with E-state index in [1.165, 1.54) is 29.5 Å². The predicted molar refractivity (Wildman–Crippen MR) is 112 cm³/mol. The van der Waals surface area contributed by atoms with E-state index in [0.717, 1.165) is 18.3 Å². The standard InChI is InChI=1S/C20H15ClF5N7O/c1-10(17-30-9-31-33(17)15-4-3-12(7-27-15)34-19(22)23)32(2)18-13-5-11(20(24,25)26)6-14(21)16(13)28-8-29-18/h3-10,19H,1-2H3. The number of hydrogen-bond donors (Lipinski definition) is 0. The fourth-order valence-corrected chi connectivity index (χ4v) is 3.56. The predicted octanol–water partition coefficient (Wildman–Crippen LogP) is 5.08. The van der Waals surface area contributed by atoms with E-state index in [0.29, 0.717) is 5.82 Å². The van der Waals surface area contributed by atoms with Gasteiger partial charge in [-0.05, 0) is 31.2 Å². The van der Waals surface area contributed by atoms with E-state index in [2.05, 4.69) is 29.8 Å². The molecule has 4 aromatic rings. The van der Waals surface area contributed by atoms with Crippen LogP contribution in [0, 0.1) is 0 Å². The zero-order chi connectivity index (χ0) is 24.6. The zero-order valence-corrected chi connectivity index (χ0v) is 18.3. The molecule has 1 aromatic carbocycles. The summed E-state index contributed by atoms with van der Waals surface area (Å²) in [6, 6.07) is 3.90. The molecular weight excluding hydrogens is 485 g/mol. The van der Waals surface area contributed by atoms with Gasteiger partial charge in [-0.1, -0.05) is 11.6 Å². The lowest BCUT2D eigenvalue weighted by Crippen LogP contribution is -2.26. The molecule has 14 heteroatoms. The summed E-state index contributed by atoms with van der Waals surface area (Å²) in [4.78, 5) is 18.1. The van der Waals surface area contributed by atoms with Gasteiger partial charge in [0.05, 0.1) is 28.3 Å². The van der Waals surface area contributed by atoms with Crippen molar-refractivity contribution in [1.29, 1.82) is 0 Å². The number of rotatable bonds is 6. The monoisotopic (exact) mass is 499 g/mol. The van der Waals surface area contributed by atoms with Crippen molar-refractivity contribution < 1.29 is 26.7 Å². The summed E-state index contributed by atoms with van der Waals surface area (Å²) in [5.74, 6) is 0.691. The van der Waals surface area contributed by atoms with Gasteiger partial charge in [0.25, 0.3) is 0 Å². The van der Waals surface area contributed by atoms with Crippen molar-refractivity contribution in [1.82, 2.24) is 29.7 Å². The van der Waals surface area contributed by atoms with Crippen LogP contribution in [-0.4, -0.2) is 43.4 Å². The van der Waals surface area contributed by atoms with Crippen molar-refractivity contribution in [2.75, 3.05) is 11.9 Å². The maximum Gasteiger partial charge on any atom is 0.416 e. The summed E-state index contributed by atoms with van der Waals surface area (Å²) in [5.41, 5.74) is -0.767. The van der Waals surface area contributed by atoms with Crippen molar-refractivity contribution in [2.24, 2.45) is 0 Å². The van der Waals surface area contributed by atoms with Gasteiger partial charge >= 0.3 is 12.8 Å². The van der Waals surface area contributed by atoms with E-state index in [1.807, 2.05) is 0 Å². The van der Waals surface area contributed by atoms with Crippen LogP contribution in [0.3, 0.4) is 0 Å².